The van der Waals surface area contributed by atoms with Gasteiger partial charge in [0.25, 0.3) is 0 Å². The molecule has 0 saturated heterocycles. The normalized spacial score (nSPS) is 15.1. The van der Waals surface area contributed by atoms with Crippen LogP contribution in [0.3, 0.4) is 0 Å². The summed E-state index contributed by atoms with van der Waals surface area (Å²) >= 11 is 0. The van der Waals surface area contributed by atoms with E-state index < -0.39 is 0 Å². The Kier molecular flexibility index (Phi) is 5.22. The number of nitrogens with zero attached hydrogens (tertiary/aromatic N) is 1. The summed E-state index contributed by atoms with van der Waals surface area (Å²) in [5, 5.41) is 6.50. The number of fused-ring (bicyclic) bond motifs is 3. The van der Waals surface area contributed by atoms with Gasteiger partial charge in [-0.3, -0.25) is 4.98 Å². The van der Waals surface area contributed by atoms with Crippen LogP contribution in [0.5, 0.6) is 0 Å². The lowest BCUT2D eigenvalue weighted by Gasteiger charge is -2.22. The minimum absolute atomic E-state index is 0.390. The topological polar surface area (TPSA) is 12.9 Å². The molecule has 1 aliphatic carbocycles. The molecule has 37 heavy (non-hydrogen) atoms. The van der Waals surface area contributed by atoms with Crippen LogP contribution in [0.15, 0.2) is 127 Å². The molecule has 0 amide bonds. The molecule has 6 aromatic rings. The summed E-state index contributed by atoms with van der Waals surface area (Å²) in [4.78, 5) is 4.73. The van der Waals surface area contributed by atoms with Crippen LogP contribution < -0.4 is 0 Å². The van der Waals surface area contributed by atoms with Crippen molar-refractivity contribution >= 4 is 32.4 Å². The van der Waals surface area contributed by atoms with E-state index in [-0.39, 0.29) is 0 Å². The third-order valence-corrected chi connectivity index (χ3v) is 7.66. The molecule has 0 saturated carbocycles. The largest absolute Gasteiger partial charge is 0.253 e. The van der Waals surface area contributed by atoms with Crippen molar-refractivity contribution in [1.82, 2.24) is 4.98 Å². The molecule has 1 nitrogen and oxygen atoms in total. The number of rotatable bonds is 3. The van der Waals surface area contributed by atoms with Crippen LogP contribution in [-0.4, -0.2) is 4.98 Å². The number of pyridine rings is 1. The Balaban J connectivity index is 1.40. The average molecular weight is 474 g/mol. The molecular weight excluding hydrogens is 446 g/mol. The van der Waals surface area contributed by atoms with Crippen LogP contribution in [0.1, 0.15) is 23.6 Å². The fourth-order valence-electron chi connectivity index (χ4n) is 5.90. The Morgan fingerprint density at radius 3 is 1.92 bits per heavy atom. The molecule has 7 rings (SSSR count). The second-order valence-corrected chi connectivity index (χ2v) is 9.97. The SMILES string of the molecule is Cc1ccc2ccc(-c3ccc(-c4c5ccccc5c(C5C=CC=CC5)c5ccccc45)cc3)cc2n1. The smallest absolute Gasteiger partial charge is 0.0711 e. The van der Waals surface area contributed by atoms with E-state index in [1.165, 1.54) is 54.7 Å². The first-order valence-electron chi connectivity index (χ1n) is 13.0. The van der Waals surface area contributed by atoms with E-state index in [9.17, 15) is 0 Å². The number of allylic oxidation sites excluding steroid dienone is 4. The Hall–Kier alpha value is -4.49. The number of aryl methyl sites for hydroxylation is 1. The highest BCUT2D eigenvalue weighted by atomic mass is 14.7. The first kappa shape index (κ1) is 21.8. The summed E-state index contributed by atoms with van der Waals surface area (Å²) in [7, 11) is 0. The van der Waals surface area contributed by atoms with Gasteiger partial charge >= 0.3 is 0 Å². The molecule has 1 aromatic heterocycles. The molecule has 176 valence electrons. The van der Waals surface area contributed by atoms with Crippen LogP contribution in [0.25, 0.3) is 54.7 Å². The van der Waals surface area contributed by atoms with E-state index >= 15 is 0 Å². The van der Waals surface area contributed by atoms with Crippen molar-refractivity contribution < 1.29 is 0 Å². The summed E-state index contributed by atoms with van der Waals surface area (Å²) in [6.07, 6.45) is 10.0. The molecule has 0 aliphatic heterocycles. The number of hydrogen-bond donors (Lipinski definition) is 0. The maximum atomic E-state index is 4.73. The van der Waals surface area contributed by atoms with Crippen molar-refractivity contribution in [2.75, 3.05) is 0 Å². The van der Waals surface area contributed by atoms with Gasteiger partial charge in [-0.2, -0.15) is 0 Å². The van der Waals surface area contributed by atoms with Gasteiger partial charge in [0.1, 0.15) is 0 Å². The van der Waals surface area contributed by atoms with Crippen LogP contribution in [0.4, 0.5) is 0 Å². The van der Waals surface area contributed by atoms with Crippen molar-refractivity contribution in [3.63, 3.8) is 0 Å². The van der Waals surface area contributed by atoms with Crippen LogP contribution in [0.2, 0.25) is 0 Å². The Labute approximate surface area is 217 Å². The fourth-order valence-corrected chi connectivity index (χ4v) is 5.90. The zero-order valence-corrected chi connectivity index (χ0v) is 20.9. The summed E-state index contributed by atoms with van der Waals surface area (Å²) in [6, 6.07) is 37.7. The van der Waals surface area contributed by atoms with Crippen LogP contribution in [-0.2, 0) is 0 Å². The zero-order valence-electron chi connectivity index (χ0n) is 20.9. The molecule has 1 aliphatic rings. The molecule has 0 spiro atoms. The number of benzene rings is 5. The minimum Gasteiger partial charge on any atom is -0.253 e. The highest BCUT2D eigenvalue weighted by molar-refractivity contribution is 6.15. The average Bonchev–Trinajstić information content (AvgIpc) is 2.96. The highest BCUT2D eigenvalue weighted by Crippen LogP contribution is 2.43. The van der Waals surface area contributed by atoms with Gasteiger partial charge in [-0.1, -0.05) is 115 Å². The molecule has 0 N–H and O–H groups in total. The number of aromatic nitrogens is 1. The van der Waals surface area contributed by atoms with E-state index in [1.54, 1.807) is 0 Å². The standard InChI is InChI=1S/C36H27N/c1-24-15-16-26-19-22-29(23-34(26)37-24)25-17-20-28(21-18-25)36-32-13-7-5-11-30(32)35(27-9-3-2-4-10-27)31-12-6-8-14-33(31)36/h2-9,11-23,27H,10H2,1H3. The first-order chi connectivity index (χ1) is 18.3. The lowest BCUT2D eigenvalue weighted by molar-refractivity contribution is 0.870. The Morgan fingerprint density at radius 1 is 0.622 bits per heavy atom. The first-order valence-corrected chi connectivity index (χ1v) is 13.0. The summed E-state index contributed by atoms with van der Waals surface area (Å²) < 4.78 is 0. The van der Waals surface area contributed by atoms with Gasteiger partial charge in [0.2, 0.25) is 0 Å². The molecule has 1 atom stereocenters. The summed E-state index contributed by atoms with van der Waals surface area (Å²) in [5.74, 6) is 0.390. The van der Waals surface area contributed by atoms with Crippen molar-refractivity contribution in [3.8, 4) is 22.3 Å². The second-order valence-electron chi connectivity index (χ2n) is 9.97. The lowest BCUT2D eigenvalue weighted by Crippen LogP contribution is -2.00. The monoisotopic (exact) mass is 473 g/mol. The molecular formula is C36H27N. The molecule has 5 aromatic carbocycles. The van der Waals surface area contributed by atoms with Gasteiger partial charge < -0.3 is 0 Å². The predicted molar refractivity (Wildman–Crippen MR) is 158 cm³/mol. The van der Waals surface area contributed by atoms with Gasteiger partial charge in [0.15, 0.2) is 0 Å². The Bertz CT molecular complexity index is 1800. The van der Waals surface area contributed by atoms with Gasteiger partial charge in [-0.05, 0) is 74.8 Å². The van der Waals surface area contributed by atoms with Gasteiger partial charge in [0.05, 0.1) is 5.52 Å². The lowest BCUT2D eigenvalue weighted by atomic mass is 9.81. The van der Waals surface area contributed by atoms with E-state index in [2.05, 4.69) is 127 Å². The molecule has 0 radical (unpaired) electrons. The van der Waals surface area contributed by atoms with Gasteiger partial charge in [-0.25, -0.2) is 0 Å². The van der Waals surface area contributed by atoms with Gasteiger partial charge in [-0.15, -0.1) is 0 Å². The Morgan fingerprint density at radius 2 is 1.24 bits per heavy atom. The van der Waals surface area contributed by atoms with E-state index in [4.69, 9.17) is 4.98 Å². The van der Waals surface area contributed by atoms with Crippen LogP contribution >= 0.6 is 0 Å². The van der Waals surface area contributed by atoms with E-state index in [0.29, 0.717) is 5.92 Å². The van der Waals surface area contributed by atoms with Crippen LogP contribution in [0, 0.1) is 6.92 Å². The summed E-state index contributed by atoms with van der Waals surface area (Å²) in [5.41, 5.74) is 8.48. The van der Waals surface area contributed by atoms with Crippen molar-refractivity contribution in [3.05, 3.63) is 139 Å². The molecule has 0 fully saturated rings. The quantitative estimate of drug-likeness (QED) is 0.233. The predicted octanol–water partition coefficient (Wildman–Crippen LogP) is 9.78. The summed E-state index contributed by atoms with van der Waals surface area (Å²) in [6.45, 7) is 2.04. The maximum absolute atomic E-state index is 4.73. The van der Waals surface area contributed by atoms with Crippen molar-refractivity contribution in [1.29, 1.82) is 0 Å². The second kappa shape index (κ2) is 8.87. The third kappa shape index (κ3) is 3.75. The van der Waals surface area contributed by atoms with Crippen molar-refractivity contribution in [2.45, 2.75) is 19.3 Å². The zero-order chi connectivity index (χ0) is 24.8. The number of hydrogen-bond acceptors (Lipinski definition) is 1. The van der Waals surface area contributed by atoms with E-state index in [1.807, 2.05) is 6.92 Å². The molecule has 0 bridgehead atoms. The molecule has 1 unspecified atom stereocenters. The highest BCUT2D eigenvalue weighted by Gasteiger charge is 2.20. The van der Waals surface area contributed by atoms with Crippen molar-refractivity contribution in [2.24, 2.45) is 0 Å². The van der Waals surface area contributed by atoms with Gasteiger partial charge in [0, 0.05) is 17.0 Å². The fraction of sp³-hybridized carbons (Fsp3) is 0.0833. The molecule has 1 heteroatoms. The minimum atomic E-state index is 0.390. The third-order valence-electron chi connectivity index (χ3n) is 7.66. The van der Waals surface area contributed by atoms with E-state index in [0.717, 1.165) is 17.6 Å². The molecule has 1 heterocycles. The maximum Gasteiger partial charge on any atom is 0.0711 e.